The number of anilines is 3. The fourth-order valence-corrected chi connectivity index (χ4v) is 6.65. The monoisotopic (exact) mass is 648 g/mol. The summed E-state index contributed by atoms with van der Waals surface area (Å²) in [6.45, 7) is 0. The number of hydrogen-bond acceptors (Lipinski definition) is 4. The maximum atomic E-state index is 13.7. The Labute approximate surface area is 282 Å². The van der Waals surface area contributed by atoms with Crippen LogP contribution in [0.4, 0.5) is 17.1 Å². The summed E-state index contributed by atoms with van der Waals surface area (Å²) in [7, 11) is 0. The number of carbonyl (C=O) groups excluding carboxylic acids is 3. The fraction of sp³-hybridized carbons (Fsp3) is 0.0750. The zero-order valence-corrected chi connectivity index (χ0v) is 26.8. The van der Waals surface area contributed by atoms with Gasteiger partial charge in [-0.05, 0) is 84.6 Å². The van der Waals surface area contributed by atoms with Crippen molar-refractivity contribution in [2.45, 2.75) is 17.7 Å². The number of fused-ring (bicyclic) bond motifs is 3. The molecule has 0 saturated heterocycles. The summed E-state index contributed by atoms with van der Waals surface area (Å²) in [5, 5.41) is 6.65. The molecule has 1 aromatic heterocycles. The minimum absolute atomic E-state index is 0.000367. The molecule has 3 amide bonds. The number of rotatable bonds is 8. The molecule has 0 unspecified atom stereocenters. The number of nitrogens with one attached hydrogen (secondary N) is 3. The Bertz CT molecular complexity index is 2110. The lowest BCUT2D eigenvalue weighted by atomic mass is 10.0. The molecule has 1 aliphatic heterocycles. The van der Waals surface area contributed by atoms with Crippen LogP contribution in [0.5, 0.6) is 0 Å². The SMILES string of the molecule is O=C(Nc1ccc(SCC(=O)N2c3ccccc3CCc3ccccc32)cc1)C(=Cc1c[nH]c2ccccc12)NC(=O)c1ccccc1. The number of para-hydroxylation sites is 3. The van der Waals surface area contributed by atoms with Crippen molar-refractivity contribution >= 4 is 63.5 Å². The zero-order valence-electron chi connectivity index (χ0n) is 26.0. The lowest BCUT2D eigenvalue weighted by Gasteiger charge is -2.25. The van der Waals surface area contributed by atoms with Crippen molar-refractivity contribution in [2.24, 2.45) is 0 Å². The Kier molecular flexibility index (Phi) is 8.89. The molecule has 0 bridgehead atoms. The molecule has 236 valence electrons. The molecule has 0 aliphatic carbocycles. The largest absolute Gasteiger partial charge is 0.361 e. The van der Waals surface area contributed by atoms with Gasteiger partial charge in [-0.1, -0.05) is 72.8 Å². The number of thioether (sulfide) groups is 1. The molecule has 0 radical (unpaired) electrons. The van der Waals surface area contributed by atoms with Crippen LogP contribution in [0.3, 0.4) is 0 Å². The van der Waals surface area contributed by atoms with Crippen molar-refractivity contribution in [2.75, 3.05) is 16.0 Å². The van der Waals surface area contributed by atoms with Crippen molar-refractivity contribution in [3.05, 3.63) is 162 Å². The average Bonchev–Trinajstić information content (AvgIpc) is 3.45. The number of benzene rings is 5. The summed E-state index contributed by atoms with van der Waals surface area (Å²) in [5.74, 6) is -0.598. The van der Waals surface area contributed by atoms with Gasteiger partial charge in [0.1, 0.15) is 5.70 Å². The van der Waals surface area contributed by atoms with Gasteiger partial charge in [0, 0.05) is 38.8 Å². The molecule has 2 heterocycles. The summed E-state index contributed by atoms with van der Waals surface area (Å²) in [6, 6.07) is 40.1. The third kappa shape index (κ3) is 6.65. The van der Waals surface area contributed by atoms with Gasteiger partial charge < -0.3 is 15.6 Å². The Balaban J connectivity index is 1.06. The molecule has 0 spiro atoms. The number of nitrogens with zero attached hydrogens (tertiary/aromatic N) is 1. The van der Waals surface area contributed by atoms with E-state index >= 15 is 0 Å². The number of aryl methyl sites for hydroxylation is 2. The highest BCUT2D eigenvalue weighted by Crippen LogP contribution is 2.37. The summed E-state index contributed by atoms with van der Waals surface area (Å²) in [4.78, 5) is 46.4. The van der Waals surface area contributed by atoms with E-state index in [2.05, 4.69) is 27.8 Å². The predicted molar refractivity (Wildman–Crippen MR) is 193 cm³/mol. The van der Waals surface area contributed by atoms with Gasteiger partial charge in [0.25, 0.3) is 11.8 Å². The zero-order chi connectivity index (χ0) is 32.9. The lowest BCUT2D eigenvalue weighted by Crippen LogP contribution is -2.30. The van der Waals surface area contributed by atoms with E-state index in [1.54, 1.807) is 42.5 Å². The molecule has 3 N–H and O–H groups in total. The van der Waals surface area contributed by atoms with E-state index in [4.69, 9.17) is 0 Å². The average molecular weight is 649 g/mol. The minimum atomic E-state index is -0.460. The Hall–Kier alpha value is -5.86. The Morgan fingerprint density at radius 3 is 2.06 bits per heavy atom. The van der Waals surface area contributed by atoms with E-state index in [0.717, 1.165) is 56.7 Å². The second kappa shape index (κ2) is 13.9. The highest BCUT2D eigenvalue weighted by atomic mass is 32.2. The first kappa shape index (κ1) is 30.8. The first-order chi connectivity index (χ1) is 23.5. The van der Waals surface area contributed by atoms with Crippen molar-refractivity contribution in [3.8, 4) is 0 Å². The molecular formula is C40H32N4O3S. The molecular weight excluding hydrogens is 617 g/mol. The van der Waals surface area contributed by atoms with Crippen LogP contribution in [-0.4, -0.2) is 28.5 Å². The first-order valence-electron chi connectivity index (χ1n) is 15.7. The Morgan fingerprint density at radius 2 is 1.35 bits per heavy atom. The molecule has 0 saturated carbocycles. The van der Waals surface area contributed by atoms with Crippen LogP contribution < -0.4 is 15.5 Å². The topological polar surface area (TPSA) is 94.3 Å². The predicted octanol–water partition coefficient (Wildman–Crippen LogP) is 8.13. The highest BCUT2D eigenvalue weighted by Gasteiger charge is 2.25. The summed E-state index contributed by atoms with van der Waals surface area (Å²) in [6.07, 6.45) is 5.24. The molecule has 8 heteroatoms. The van der Waals surface area contributed by atoms with Crippen LogP contribution in [0.25, 0.3) is 17.0 Å². The maximum absolute atomic E-state index is 13.7. The molecule has 7 rings (SSSR count). The van der Waals surface area contributed by atoms with Crippen molar-refractivity contribution in [1.82, 2.24) is 10.3 Å². The van der Waals surface area contributed by atoms with Gasteiger partial charge in [0.2, 0.25) is 5.91 Å². The number of aromatic nitrogens is 1. The quantitative estimate of drug-likeness (QED) is 0.115. The molecule has 1 aliphatic rings. The van der Waals surface area contributed by atoms with Gasteiger partial charge in [0.05, 0.1) is 17.1 Å². The standard InChI is InChI=1S/C40H32N4O3S/c45-38(44-36-16-8-4-10-27(36)18-19-28-11-5-9-17-37(28)44)26-48-32-22-20-31(21-23-32)42-40(47)35(43-39(46)29-12-2-1-3-13-29)24-30-25-41-34-15-7-6-14-33(30)34/h1-17,20-25,41H,18-19,26H2,(H,42,47)(H,43,46). The van der Waals surface area contributed by atoms with E-state index in [0.29, 0.717) is 11.3 Å². The van der Waals surface area contributed by atoms with Gasteiger partial charge in [-0.2, -0.15) is 0 Å². The molecule has 48 heavy (non-hydrogen) atoms. The second-order valence-electron chi connectivity index (χ2n) is 11.4. The molecule has 0 atom stereocenters. The van der Waals surface area contributed by atoms with Crippen LogP contribution in [0.2, 0.25) is 0 Å². The van der Waals surface area contributed by atoms with Gasteiger partial charge in [0.15, 0.2) is 0 Å². The highest BCUT2D eigenvalue weighted by molar-refractivity contribution is 8.00. The normalized spacial score (nSPS) is 12.5. The molecule has 6 aromatic rings. The fourth-order valence-electron chi connectivity index (χ4n) is 5.90. The van der Waals surface area contributed by atoms with Gasteiger partial charge in [-0.25, -0.2) is 0 Å². The third-order valence-corrected chi connectivity index (χ3v) is 9.30. The third-order valence-electron chi connectivity index (χ3n) is 8.30. The second-order valence-corrected chi connectivity index (χ2v) is 12.5. The summed E-state index contributed by atoms with van der Waals surface area (Å²) >= 11 is 1.45. The Morgan fingerprint density at radius 1 is 0.729 bits per heavy atom. The van der Waals surface area contributed by atoms with Gasteiger partial charge in [-0.15, -0.1) is 11.8 Å². The van der Waals surface area contributed by atoms with E-state index in [-0.39, 0.29) is 23.3 Å². The molecule has 7 nitrogen and oxygen atoms in total. The number of H-pyrrole nitrogens is 1. The van der Waals surface area contributed by atoms with Gasteiger partial charge >= 0.3 is 0 Å². The van der Waals surface area contributed by atoms with Gasteiger partial charge in [-0.3, -0.25) is 19.3 Å². The lowest BCUT2D eigenvalue weighted by molar-refractivity contribution is -0.115. The minimum Gasteiger partial charge on any atom is -0.361 e. The summed E-state index contributed by atoms with van der Waals surface area (Å²) < 4.78 is 0. The number of amides is 3. The molecule has 0 fully saturated rings. The van der Waals surface area contributed by atoms with E-state index in [9.17, 15) is 14.4 Å². The van der Waals surface area contributed by atoms with Crippen LogP contribution >= 0.6 is 11.8 Å². The van der Waals surface area contributed by atoms with Crippen LogP contribution in [0, 0.1) is 0 Å². The molecule has 5 aromatic carbocycles. The summed E-state index contributed by atoms with van der Waals surface area (Å²) in [5.41, 5.74) is 6.99. The van der Waals surface area contributed by atoms with Crippen molar-refractivity contribution < 1.29 is 14.4 Å². The number of aromatic amines is 1. The van der Waals surface area contributed by atoms with E-state index in [1.807, 2.05) is 90.0 Å². The first-order valence-corrected chi connectivity index (χ1v) is 16.7. The van der Waals surface area contributed by atoms with Crippen LogP contribution in [0.1, 0.15) is 27.0 Å². The number of hydrogen-bond donors (Lipinski definition) is 3. The van der Waals surface area contributed by atoms with Crippen LogP contribution in [0.15, 0.2) is 144 Å². The number of carbonyl (C=O) groups is 3. The smallest absolute Gasteiger partial charge is 0.272 e. The van der Waals surface area contributed by atoms with E-state index in [1.165, 1.54) is 11.8 Å². The van der Waals surface area contributed by atoms with Crippen LogP contribution in [-0.2, 0) is 22.4 Å². The van der Waals surface area contributed by atoms with Crippen molar-refractivity contribution in [1.29, 1.82) is 0 Å². The van der Waals surface area contributed by atoms with Crippen molar-refractivity contribution in [3.63, 3.8) is 0 Å². The van der Waals surface area contributed by atoms with E-state index < -0.39 is 5.91 Å². The maximum Gasteiger partial charge on any atom is 0.272 e.